The summed E-state index contributed by atoms with van der Waals surface area (Å²) < 4.78 is 19.0. The van der Waals surface area contributed by atoms with Gasteiger partial charge in [0, 0.05) is 6.20 Å². The van der Waals surface area contributed by atoms with Gasteiger partial charge in [0.05, 0.1) is 36.2 Å². The van der Waals surface area contributed by atoms with E-state index in [0.29, 0.717) is 47.3 Å². The van der Waals surface area contributed by atoms with Gasteiger partial charge in [0.15, 0.2) is 22.4 Å². The third-order valence-corrected chi connectivity index (χ3v) is 8.99. The van der Waals surface area contributed by atoms with Crippen LogP contribution in [0.2, 0.25) is 0 Å². The van der Waals surface area contributed by atoms with E-state index in [1.54, 1.807) is 32.0 Å². The van der Waals surface area contributed by atoms with Crippen LogP contribution in [0.25, 0.3) is 11.4 Å². The number of fused-ring (bicyclic) bond motifs is 1. The van der Waals surface area contributed by atoms with Crippen molar-refractivity contribution in [1.82, 2.24) is 14.4 Å². The molecule has 3 aromatic heterocycles. The number of nitrogens with zero attached hydrogens (tertiary/aromatic N) is 4. The molecule has 1 amide bonds. The first kappa shape index (κ1) is 33.4. The van der Waals surface area contributed by atoms with Crippen molar-refractivity contribution in [3.63, 3.8) is 0 Å². The second-order valence-electron chi connectivity index (χ2n) is 11.1. The second kappa shape index (κ2) is 14.2. The Bertz CT molecular complexity index is 1890. The maximum Gasteiger partial charge on any atom is 0.350 e. The van der Waals surface area contributed by atoms with Crippen molar-refractivity contribution < 1.29 is 33.7 Å². The first-order valence-corrected chi connectivity index (χ1v) is 16.3. The molecule has 0 radical (unpaired) electrons. The van der Waals surface area contributed by atoms with Crippen LogP contribution in [0.15, 0.2) is 54.8 Å². The molecule has 1 saturated heterocycles. The number of thiazole rings is 1. The Morgan fingerprint density at radius 3 is 2.57 bits per heavy atom. The minimum Gasteiger partial charge on any atom is -0.505 e. The first-order valence-electron chi connectivity index (χ1n) is 15.5. The van der Waals surface area contributed by atoms with E-state index in [0.717, 1.165) is 36.2 Å². The van der Waals surface area contributed by atoms with E-state index < -0.39 is 29.5 Å². The van der Waals surface area contributed by atoms with Crippen LogP contribution >= 0.6 is 11.3 Å². The summed E-state index contributed by atoms with van der Waals surface area (Å²) in [5.41, 5.74) is 2.88. The van der Waals surface area contributed by atoms with Gasteiger partial charge >= 0.3 is 11.9 Å². The van der Waals surface area contributed by atoms with Crippen molar-refractivity contribution in [2.24, 2.45) is 0 Å². The quantitative estimate of drug-likeness (QED) is 0.0419. The average molecular weight is 659 g/mol. The number of aromatic nitrogens is 3. The molecule has 1 N–H and O–H groups in total. The number of benzene rings is 1. The summed E-state index contributed by atoms with van der Waals surface area (Å²) in [6, 6.07) is 7.80. The zero-order chi connectivity index (χ0) is 33.8. The maximum absolute atomic E-state index is 13.9. The zero-order valence-corrected chi connectivity index (χ0v) is 28.0. The highest BCUT2D eigenvalue weighted by molar-refractivity contribution is 7.17. The van der Waals surface area contributed by atoms with Crippen LogP contribution in [0.5, 0.6) is 11.5 Å². The van der Waals surface area contributed by atoms with Crippen LogP contribution in [-0.2, 0) is 14.3 Å². The van der Waals surface area contributed by atoms with Gasteiger partial charge in [-0.1, -0.05) is 55.9 Å². The van der Waals surface area contributed by atoms with E-state index in [1.807, 2.05) is 36.6 Å². The molecule has 1 aliphatic rings. The lowest BCUT2D eigenvalue weighted by Gasteiger charge is -2.24. The molecule has 0 bridgehead atoms. The molecule has 12 heteroatoms. The van der Waals surface area contributed by atoms with Crippen LogP contribution in [0.3, 0.4) is 0 Å². The topological polar surface area (TPSA) is 133 Å². The van der Waals surface area contributed by atoms with Gasteiger partial charge in [-0.3, -0.25) is 14.5 Å². The molecule has 4 aromatic rings. The number of aryl methyl sites for hydroxylation is 3. The number of unbranched alkanes of at least 4 members (excludes halogenated alkanes) is 2. The van der Waals surface area contributed by atoms with Crippen LogP contribution < -0.4 is 14.4 Å². The molecule has 1 atom stereocenters. The number of amides is 1. The highest BCUT2D eigenvalue weighted by Gasteiger charge is 2.49. The molecule has 1 aliphatic heterocycles. The lowest BCUT2D eigenvalue weighted by Crippen LogP contribution is -2.29. The summed E-state index contributed by atoms with van der Waals surface area (Å²) in [5.74, 6) is -1.93. The minimum atomic E-state index is -1.13. The number of esters is 1. The number of aliphatic hydroxyl groups is 1. The van der Waals surface area contributed by atoms with Crippen molar-refractivity contribution >= 4 is 45.5 Å². The fraction of sp³-hybridized carbons (Fsp3) is 0.343. The van der Waals surface area contributed by atoms with Crippen molar-refractivity contribution in [2.75, 3.05) is 24.7 Å². The summed E-state index contributed by atoms with van der Waals surface area (Å²) in [6.45, 7) is 13.7. The van der Waals surface area contributed by atoms with Gasteiger partial charge in [0.1, 0.15) is 22.8 Å². The summed E-state index contributed by atoms with van der Waals surface area (Å²) in [6.07, 6.45) is 6.21. The Hall–Kier alpha value is -4.97. The molecule has 1 fully saturated rings. The summed E-state index contributed by atoms with van der Waals surface area (Å²) in [5, 5.41) is 12.0. The zero-order valence-electron chi connectivity index (χ0n) is 27.2. The molecule has 1 aromatic carbocycles. The van der Waals surface area contributed by atoms with E-state index in [1.165, 1.54) is 11.0 Å². The molecule has 0 aliphatic carbocycles. The molecule has 0 spiro atoms. The van der Waals surface area contributed by atoms with E-state index in [9.17, 15) is 19.5 Å². The highest BCUT2D eigenvalue weighted by Crippen LogP contribution is 2.46. The number of aliphatic hydroxyl groups excluding tert-OH is 1. The lowest BCUT2D eigenvalue weighted by molar-refractivity contribution is -0.132. The third-order valence-electron chi connectivity index (χ3n) is 7.85. The number of imidazole rings is 1. The van der Waals surface area contributed by atoms with E-state index in [2.05, 4.69) is 23.5 Å². The third kappa shape index (κ3) is 6.37. The Balaban J connectivity index is 1.69. The number of hydrogen-bond donors (Lipinski definition) is 1. The standard InChI is InChI=1S/C35H38N4O7S/c1-7-10-11-18-45-24-15-14-23(19-25(24)44-9-3)28-26(29(40)27-22(6)38-16-12-13-20(4)32(38)37-27)30(41)33(42)39(28)35-36-21(5)31(47-35)34(43)46-17-8-2/h8,12-16,19,28,40H,2,7,9-11,17-18H2,1,3-6H3. The number of ketones is 1. The van der Waals surface area contributed by atoms with Crippen molar-refractivity contribution in [1.29, 1.82) is 0 Å². The molecule has 1 unspecified atom stereocenters. The summed E-state index contributed by atoms with van der Waals surface area (Å²) in [4.78, 5) is 51.1. The summed E-state index contributed by atoms with van der Waals surface area (Å²) >= 11 is 0.924. The normalized spacial score (nSPS) is 15.8. The predicted octanol–water partition coefficient (Wildman–Crippen LogP) is 6.65. The number of ether oxygens (including phenoxy) is 3. The van der Waals surface area contributed by atoms with E-state index in [4.69, 9.17) is 14.2 Å². The predicted molar refractivity (Wildman–Crippen MR) is 179 cm³/mol. The molecular formula is C35H38N4O7S. The van der Waals surface area contributed by atoms with E-state index in [-0.39, 0.29) is 27.9 Å². The molecule has 0 saturated carbocycles. The minimum absolute atomic E-state index is 0.000921. The lowest BCUT2D eigenvalue weighted by atomic mass is 9.96. The molecule has 47 heavy (non-hydrogen) atoms. The SMILES string of the molecule is C=CCOC(=O)c1sc(N2C(=O)C(=O)C(=C(O)c3nc4c(C)cccn4c3C)C2c2ccc(OCCCCC)c(OCC)c2)nc1C. The number of rotatable bonds is 13. The van der Waals surface area contributed by atoms with Crippen LogP contribution in [0.4, 0.5) is 5.13 Å². The Morgan fingerprint density at radius 1 is 1.09 bits per heavy atom. The van der Waals surface area contributed by atoms with E-state index >= 15 is 0 Å². The fourth-order valence-corrected chi connectivity index (χ4v) is 6.50. The molecule has 246 valence electrons. The number of anilines is 1. The largest absolute Gasteiger partial charge is 0.505 e. The van der Waals surface area contributed by atoms with Crippen LogP contribution in [0, 0.1) is 20.8 Å². The number of carbonyl (C=O) groups is 3. The Labute approximate surface area is 277 Å². The smallest absolute Gasteiger partial charge is 0.350 e. The number of pyridine rings is 1. The number of carbonyl (C=O) groups excluding carboxylic acids is 3. The van der Waals surface area contributed by atoms with Gasteiger partial charge in [0.25, 0.3) is 5.78 Å². The van der Waals surface area contributed by atoms with Crippen molar-refractivity contribution in [2.45, 2.75) is 59.9 Å². The highest BCUT2D eigenvalue weighted by atomic mass is 32.1. The monoisotopic (exact) mass is 658 g/mol. The fourth-order valence-electron chi connectivity index (χ4n) is 5.51. The van der Waals surface area contributed by atoms with Crippen molar-refractivity contribution in [3.8, 4) is 11.5 Å². The summed E-state index contributed by atoms with van der Waals surface area (Å²) in [7, 11) is 0. The maximum atomic E-state index is 13.9. The number of Topliss-reactive ketones (excluding diaryl/α,β-unsaturated/α-hetero) is 1. The van der Waals surface area contributed by atoms with Gasteiger partial charge in [0.2, 0.25) is 0 Å². The van der Waals surface area contributed by atoms with Gasteiger partial charge in [-0.25, -0.2) is 14.8 Å². The first-order chi connectivity index (χ1) is 22.6. The molecule has 5 rings (SSSR count). The molecule has 4 heterocycles. The Morgan fingerprint density at radius 2 is 1.87 bits per heavy atom. The van der Waals surface area contributed by atoms with Gasteiger partial charge in [-0.2, -0.15) is 0 Å². The molecular weight excluding hydrogens is 620 g/mol. The van der Waals surface area contributed by atoms with Crippen LogP contribution in [0.1, 0.15) is 77.0 Å². The van der Waals surface area contributed by atoms with Gasteiger partial charge in [-0.05, 0) is 63.4 Å². The Kier molecular flexibility index (Phi) is 10.1. The van der Waals surface area contributed by atoms with Crippen LogP contribution in [-0.4, -0.2) is 57.0 Å². The second-order valence-corrected chi connectivity index (χ2v) is 12.1. The van der Waals surface area contributed by atoms with Crippen molar-refractivity contribution in [3.05, 3.63) is 87.8 Å². The number of hydrogen-bond acceptors (Lipinski definition) is 10. The van der Waals surface area contributed by atoms with Gasteiger partial charge in [-0.15, -0.1) is 0 Å². The molecule has 11 nitrogen and oxygen atoms in total. The average Bonchev–Trinajstić information content (AvgIpc) is 3.69. The van der Waals surface area contributed by atoms with Gasteiger partial charge < -0.3 is 23.7 Å².